The van der Waals surface area contributed by atoms with E-state index >= 15 is 0 Å². The number of hydrogen-bond donors (Lipinski definition) is 2. The third kappa shape index (κ3) is 4.24. The van der Waals surface area contributed by atoms with E-state index in [-0.39, 0.29) is 23.8 Å². The van der Waals surface area contributed by atoms with Crippen molar-refractivity contribution in [3.05, 3.63) is 28.8 Å². The van der Waals surface area contributed by atoms with E-state index in [2.05, 4.69) is 5.32 Å². The van der Waals surface area contributed by atoms with Crippen molar-refractivity contribution in [2.45, 2.75) is 46.8 Å². The molecule has 7 nitrogen and oxygen atoms in total. The van der Waals surface area contributed by atoms with E-state index in [1.54, 1.807) is 19.1 Å². The molecule has 1 aromatic carbocycles. The lowest BCUT2D eigenvalue weighted by Gasteiger charge is -2.25. The maximum absolute atomic E-state index is 12.9. The number of ether oxygens (including phenoxy) is 2. The molecule has 2 aliphatic heterocycles. The minimum absolute atomic E-state index is 0.132. The van der Waals surface area contributed by atoms with E-state index in [4.69, 9.17) is 14.1 Å². The van der Waals surface area contributed by atoms with Crippen molar-refractivity contribution in [3.8, 4) is 0 Å². The minimum Gasteiger partial charge on any atom is -0.463 e. The number of amides is 1. The fraction of sp³-hybridized carbons (Fsp3) is 0.600. The highest BCUT2D eigenvalue weighted by Gasteiger charge is 2.35. The Kier molecular flexibility index (Phi) is 6.12. The molecule has 28 heavy (non-hydrogen) atoms. The van der Waals surface area contributed by atoms with Crippen LogP contribution >= 0.6 is 0 Å². The van der Waals surface area contributed by atoms with Gasteiger partial charge in [0, 0.05) is 17.6 Å². The number of esters is 1. The molecule has 0 spiro atoms. The average molecular weight is 389 g/mol. The van der Waals surface area contributed by atoms with E-state index in [1.165, 1.54) is 0 Å². The van der Waals surface area contributed by atoms with Gasteiger partial charge in [-0.2, -0.15) is 0 Å². The zero-order chi connectivity index (χ0) is 20.5. The molecule has 1 aromatic rings. The van der Waals surface area contributed by atoms with Crippen LogP contribution in [0.25, 0.3) is 0 Å². The van der Waals surface area contributed by atoms with Gasteiger partial charge >= 0.3 is 13.1 Å². The molecular weight excluding hydrogens is 361 g/mol. The summed E-state index contributed by atoms with van der Waals surface area (Å²) in [6, 6.07) is 2.72. The maximum Gasteiger partial charge on any atom is 0.492 e. The summed E-state index contributed by atoms with van der Waals surface area (Å²) in [5, 5.41) is 12.8. The van der Waals surface area contributed by atoms with Crippen molar-refractivity contribution in [2.75, 3.05) is 19.8 Å². The Bertz CT molecular complexity index is 759. The highest BCUT2D eigenvalue weighted by Crippen LogP contribution is 2.28. The van der Waals surface area contributed by atoms with Crippen LogP contribution in [-0.2, 0) is 25.5 Å². The van der Waals surface area contributed by atoms with Crippen molar-refractivity contribution in [3.63, 3.8) is 0 Å². The molecule has 0 bridgehead atoms. The molecule has 0 aliphatic carbocycles. The molecule has 1 fully saturated rings. The molecule has 1 amide bonds. The van der Waals surface area contributed by atoms with Gasteiger partial charge in [0.25, 0.3) is 5.91 Å². The topological polar surface area (TPSA) is 94.1 Å². The SMILES string of the molecule is Cc1c(C(=O)N[C@H](C(=O)OCC2(C)CCOC2)C(C)C)ccc2c1B(O)OC2. The highest BCUT2D eigenvalue weighted by atomic mass is 16.5. The maximum atomic E-state index is 12.9. The van der Waals surface area contributed by atoms with Gasteiger partial charge in [0.15, 0.2) is 0 Å². The van der Waals surface area contributed by atoms with Crippen molar-refractivity contribution < 1.29 is 28.7 Å². The lowest BCUT2D eigenvalue weighted by molar-refractivity contribution is -0.150. The van der Waals surface area contributed by atoms with Gasteiger partial charge in [-0.15, -0.1) is 0 Å². The summed E-state index contributed by atoms with van der Waals surface area (Å²) < 4.78 is 16.1. The normalized spacial score (nSPS) is 22.3. The zero-order valence-electron chi connectivity index (χ0n) is 16.9. The van der Waals surface area contributed by atoms with Gasteiger partial charge in [-0.1, -0.05) is 26.8 Å². The highest BCUT2D eigenvalue weighted by molar-refractivity contribution is 6.62. The Morgan fingerprint density at radius 3 is 2.79 bits per heavy atom. The molecule has 2 heterocycles. The first-order chi connectivity index (χ1) is 13.2. The third-order valence-corrected chi connectivity index (χ3v) is 5.56. The van der Waals surface area contributed by atoms with Crippen LogP contribution in [0.15, 0.2) is 12.1 Å². The van der Waals surface area contributed by atoms with E-state index in [0.29, 0.717) is 36.4 Å². The number of nitrogens with one attached hydrogen (secondary N) is 1. The molecule has 2 aliphatic rings. The lowest BCUT2D eigenvalue weighted by Crippen LogP contribution is -2.46. The average Bonchev–Trinajstić information content (AvgIpc) is 3.24. The van der Waals surface area contributed by atoms with Gasteiger partial charge in [-0.05, 0) is 41.9 Å². The molecule has 8 heteroatoms. The summed E-state index contributed by atoms with van der Waals surface area (Å²) in [4.78, 5) is 25.5. The Labute approximate surface area is 165 Å². The molecule has 2 atom stereocenters. The first-order valence-electron chi connectivity index (χ1n) is 9.69. The number of carbonyl (C=O) groups excluding carboxylic acids is 2. The summed E-state index contributed by atoms with van der Waals surface area (Å²) in [5.74, 6) is -0.947. The number of fused-ring (bicyclic) bond motifs is 1. The first-order valence-corrected chi connectivity index (χ1v) is 9.69. The van der Waals surface area contributed by atoms with Crippen LogP contribution in [-0.4, -0.2) is 49.9 Å². The van der Waals surface area contributed by atoms with E-state index in [9.17, 15) is 14.6 Å². The van der Waals surface area contributed by atoms with Crippen molar-refractivity contribution >= 4 is 24.5 Å². The monoisotopic (exact) mass is 389 g/mol. The predicted octanol–water partition coefficient (Wildman–Crippen LogP) is 0.937. The van der Waals surface area contributed by atoms with Gasteiger partial charge in [-0.25, -0.2) is 4.79 Å². The van der Waals surface area contributed by atoms with E-state index in [0.717, 1.165) is 12.0 Å². The summed E-state index contributed by atoms with van der Waals surface area (Å²) >= 11 is 0. The van der Waals surface area contributed by atoms with Crippen molar-refractivity contribution in [1.29, 1.82) is 0 Å². The summed E-state index contributed by atoms with van der Waals surface area (Å²) in [5.41, 5.74) is 2.40. The van der Waals surface area contributed by atoms with Crippen LogP contribution in [0, 0.1) is 18.3 Å². The first kappa shape index (κ1) is 20.8. The van der Waals surface area contributed by atoms with E-state index in [1.807, 2.05) is 20.8 Å². The van der Waals surface area contributed by atoms with Gasteiger partial charge in [0.1, 0.15) is 6.04 Å². The molecule has 1 saturated heterocycles. The molecule has 3 rings (SSSR count). The Morgan fingerprint density at radius 1 is 1.39 bits per heavy atom. The molecule has 0 aromatic heterocycles. The summed E-state index contributed by atoms with van der Waals surface area (Å²) in [6.07, 6.45) is 0.845. The quantitative estimate of drug-likeness (QED) is 0.556. The van der Waals surface area contributed by atoms with Crippen LogP contribution in [0.4, 0.5) is 0 Å². The number of rotatable bonds is 6. The van der Waals surface area contributed by atoms with Crippen molar-refractivity contribution in [2.24, 2.45) is 11.3 Å². The molecular formula is C20H28BNO6. The van der Waals surface area contributed by atoms with Crippen LogP contribution in [0.1, 0.15) is 48.7 Å². The second-order valence-corrected chi connectivity index (χ2v) is 8.39. The van der Waals surface area contributed by atoms with Crippen LogP contribution in [0.2, 0.25) is 0 Å². The summed E-state index contributed by atoms with van der Waals surface area (Å²) in [6.45, 7) is 9.35. The Balaban J connectivity index is 1.69. The third-order valence-electron chi connectivity index (χ3n) is 5.56. The Hall–Kier alpha value is -1.90. The van der Waals surface area contributed by atoms with Crippen LogP contribution in [0.5, 0.6) is 0 Å². The second kappa shape index (κ2) is 8.23. The molecule has 0 radical (unpaired) electrons. The number of benzene rings is 1. The van der Waals surface area contributed by atoms with Crippen LogP contribution in [0.3, 0.4) is 0 Å². The fourth-order valence-electron chi connectivity index (χ4n) is 3.63. The van der Waals surface area contributed by atoms with Gasteiger partial charge in [0.05, 0.1) is 19.8 Å². The lowest BCUT2D eigenvalue weighted by atomic mass is 9.75. The second-order valence-electron chi connectivity index (χ2n) is 8.39. The Morgan fingerprint density at radius 2 is 2.14 bits per heavy atom. The van der Waals surface area contributed by atoms with E-state index < -0.39 is 19.1 Å². The number of carbonyl (C=O) groups is 2. The number of hydrogen-bond acceptors (Lipinski definition) is 6. The summed E-state index contributed by atoms with van der Waals surface area (Å²) in [7, 11) is -1.03. The molecule has 0 saturated carbocycles. The standard InChI is InChI=1S/C20H28BNO6/c1-12(2)17(19(24)27-11-20(4)7-8-26-10-20)22-18(23)15-6-5-14-9-28-21(25)16(14)13(15)3/h5-6,12,17,25H,7-11H2,1-4H3,(H,22,23)/t17-,20?/m0/s1. The van der Waals surface area contributed by atoms with Gasteiger partial charge in [-0.3, -0.25) is 4.79 Å². The van der Waals surface area contributed by atoms with Gasteiger partial charge < -0.3 is 24.5 Å². The zero-order valence-corrected chi connectivity index (χ0v) is 16.9. The molecule has 152 valence electrons. The molecule has 2 N–H and O–H groups in total. The molecule has 1 unspecified atom stereocenters. The largest absolute Gasteiger partial charge is 0.492 e. The fourth-order valence-corrected chi connectivity index (χ4v) is 3.63. The minimum atomic E-state index is -1.03. The van der Waals surface area contributed by atoms with Crippen molar-refractivity contribution in [1.82, 2.24) is 5.32 Å². The predicted molar refractivity (Wildman–Crippen MR) is 104 cm³/mol. The van der Waals surface area contributed by atoms with Crippen LogP contribution < -0.4 is 10.8 Å². The van der Waals surface area contributed by atoms with Gasteiger partial charge in [0.2, 0.25) is 0 Å². The smallest absolute Gasteiger partial charge is 0.463 e.